The van der Waals surface area contributed by atoms with E-state index in [2.05, 4.69) is 9.97 Å². The molecule has 158 valence electrons. The van der Waals surface area contributed by atoms with Gasteiger partial charge in [-0.3, -0.25) is 9.59 Å². The van der Waals surface area contributed by atoms with Crippen molar-refractivity contribution in [2.75, 3.05) is 13.1 Å². The van der Waals surface area contributed by atoms with Crippen molar-refractivity contribution in [2.24, 2.45) is 11.8 Å². The minimum Gasteiger partial charge on any atom is -0.342 e. The zero-order valence-corrected chi connectivity index (χ0v) is 17.4. The Morgan fingerprint density at radius 3 is 2.71 bits per heavy atom. The van der Waals surface area contributed by atoms with Gasteiger partial charge in [0.1, 0.15) is 5.82 Å². The predicted octanol–water partition coefficient (Wildman–Crippen LogP) is 3.67. The molecule has 3 aliphatic rings. The van der Waals surface area contributed by atoms with E-state index in [-0.39, 0.29) is 17.4 Å². The number of rotatable bonds is 5. The number of H-pyrrole nitrogens is 1. The van der Waals surface area contributed by atoms with Crippen LogP contribution in [-0.4, -0.2) is 45.4 Å². The number of hydrogen-bond acceptors (Lipinski definition) is 4. The largest absolute Gasteiger partial charge is 0.342 e. The summed E-state index contributed by atoms with van der Waals surface area (Å²) in [5.74, 6) is 1.45. The van der Waals surface area contributed by atoms with Gasteiger partial charge in [0, 0.05) is 42.0 Å². The van der Waals surface area contributed by atoms with Crippen LogP contribution in [-0.2, 0) is 16.0 Å². The molecular formula is C25H26N4O2. The molecule has 1 aromatic heterocycles. The SMILES string of the molecule is N=C1C=C(c2ccccc2)C(=O)C=C1c1ncc(C[C@@H]2CCCN(C(=O)C3CC3)C2)[nH]1. The summed E-state index contributed by atoms with van der Waals surface area (Å²) >= 11 is 0. The summed E-state index contributed by atoms with van der Waals surface area (Å²) in [6.07, 6.45) is 9.98. The Bertz CT molecular complexity index is 1090. The van der Waals surface area contributed by atoms with Crippen LogP contribution in [0.2, 0.25) is 0 Å². The first-order chi connectivity index (χ1) is 15.1. The molecule has 2 heterocycles. The van der Waals surface area contributed by atoms with Crippen molar-refractivity contribution >= 4 is 28.5 Å². The summed E-state index contributed by atoms with van der Waals surface area (Å²) in [5.41, 5.74) is 3.13. The number of hydrogen-bond donors (Lipinski definition) is 2. The molecule has 6 heteroatoms. The highest BCUT2D eigenvalue weighted by atomic mass is 16.2. The maximum absolute atomic E-state index is 12.7. The van der Waals surface area contributed by atoms with Crippen LogP contribution in [0.4, 0.5) is 0 Å². The normalized spacial score (nSPS) is 21.7. The van der Waals surface area contributed by atoms with Crippen LogP contribution < -0.4 is 0 Å². The Balaban J connectivity index is 1.27. The van der Waals surface area contributed by atoms with Gasteiger partial charge in [-0.15, -0.1) is 0 Å². The molecule has 0 spiro atoms. The highest BCUT2D eigenvalue weighted by Crippen LogP contribution is 2.33. The van der Waals surface area contributed by atoms with Crippen LogP contribution in [0.3, 0.4) is 0 Å². The van der Waals surface area contributed by atoms with Crippen LogP contribution in [0.1, 0.15) is 42.8 Å². The third kappa shape index (κ3) is 4.15. The molecule has 0 radical (unpaired) electrons. The van der Waals surface area contributed by atoms with Crippen LogP contribution >= 0.6 is 0 Å². The second kappa shape index (κ2) is 8.10. The number of ketones is 1. The van der Waals surface area contributed by atoms with Crippen molar-refractivity contribution in [1.29, 1.82) is 5.41 Å². The molecule has 1 atom stereocenters. The zero-order chi connectivity index (χ0) is 21.4. The van der Waals surface area contributed by atoms with Gasteiger partial charge in [0.05, 0.1) is 5.71 Å². The Labute approximate surface area is 181 Å². The lowest BCUT2D eigenvalue weighted by atomic mass is 9.91. The van der Waals surface area contributed by atoms with Gasteiger partial charge in [0.15, 0.2) is 5.78 Å². The number of carbonyl (C=O) groups excluding carboxylic acids is 2. The second-order valence-electron chi connectivity index (χ2n) is 8.79. The molecule has 1 saturated heterocycles. The summed E-state index contributed by atoms with van der Waals surface area (Å²) in [5, 5.41) is 8.43. The molecule has 5 rings (SSSR count). The minimum absolute atomic E-state index is 0.114. The van der Waals surface area contributed by atoms with Crippen molar-refractivity contribution < 1.29 is 9.59 Å². The number of imidazole rings is 1. The highest BCUT2D eigenvalue weighted by Gasteiger charge is 2.35. The number of allylic oxidation sites excluding steroid dienone is 4. The van der Waals surface area contributed by atoms with E-state index in [1.165, 1.54) is 6.08 Å². The van der Waals surface area contributed by atoms with Gasteiger partial charge in [0.25, 0.3) is 0 Å². The summed E-state index contributed by atoms with van der Waals surface area (Å²) in [4.78, 5) is 34.9. The minimum atomic E-state index is -0.114. The van der Waals surface area contributed by atoms with Gasteiger partial charge in [-0.2, -0.15) is 0 Å². The van der Waals surface area contributed by atoms with Gasteiger partial charge in [-0.25, -0.2) is 4.98 Å². The lowest BCUT2D eigenvalue weighted by Crippen LogP contribution is -2.41. The number of carbonyl (C=O) groups is 2. The number of benzene rings is 1. The maximum atomic E-state index is 12.7. The molecule has 1 saturated carbocycles. The van der Waals surface area contributed by atoms with E-state index in [9.17, 15) is 9.59 Å². The van der Waals surface area contributed by atoms with Gasteiger partial charge in [-0.05, 0) is 55.7 Å². The highest BCUT2D eigenvalue weighted by molar-refractivity contribution is 6.44. The van der Waals surface area contributed by atoms with Crippen molar-refractivity contribution in [2.45, 2.75) is 32.1 Å². The fourth-order valence-electron chi connectivity index (χ4n) is 4.55. The number of likely N-dealkylation sites (tertiary alicyclic amines) is 1. The molecular weight excluding hydrogens is 388 g/mol. The second-order valence-corrected chi connectivity index (χ2v) is 8.79. The Hall–Kier alpha value is -3.28. The van der Waals surface area contributed by atoms with E-state index in [1.807, 2.05) is 35.2 Å². The number of amides is 1. The predicted molar refractivity (Wildman–Crippen MR) is 119 cm³/mol. The molecule has 31 heavy (non-hydrogen) atoms. The molecule has 2 aliphatic carbocycles. The van der Waals surface area contributed by atoms with Crippen molar-refractivity contribution in [3.05, 3.63) is 65.8 Å². The van der Waals surface area contributed by atoms with Crippen molar-refractivity contribution in [3.8, 4) is 0 Å². The molecule has 0 bridgehead atoms. The molecule has 6 nitrogen and oxygen atoms in total. The smallest absolute Gasteiger partial charge is 0.225 e. The van der Waals surface area contributed by atoms with E-state index in [1.54, 1.807) is 12.3 Å². The first-order valence-electron chi connectivity index (χ1n) is 11.0. The Morgan fingerprint density at radius 2 is 1.94 bits per heavy atom. The summed E-state index contributed by atoms with van der Waals surface area (Å²) in [7, 11) is 0. The van der Waals surface area contributed by atoms with Gasteiger partial charge in [0.2, 0.25) is 5.91 Å². The average molecular weight is 415 g/mol. The van der Waals surface area contributed by atoms with Crippen molar-refractivity contribution in [3.63, 3.8) is 0 Å². The van der Waals surface area contributed by atoms with Crippen LogP contribution in [0, 0.1) is 17.2 Å². The molecule has 1 aromatic carbocycles. The first kappa shape index (κ1) is 19.7. The van der Waals surface area contributed by atoms with E-state index < -0.39 is 0 Å². The van der Waals surface area contributed by atoms with E-state index in [0.717, 1.165) is 56.5 Å². The standard InChI is InChI=1S/C25H26N4O2/c26-22-12-20(17-6-2-1-3-7-17)23(30)13-21(22)24-27-14-19(28-24)11-16-5-4-10-29(15-16)25(31)18-8-9-18/h1-3,6-7,12-14,16,18,26H,4-5,8-11,15H2,(H,27,28)/t16-/m0/s1. The quantitative estimate of drug-likeness (QED) is 0.732. The van der Waals surface area contributed by atoms with Crippen LogP contribution in [0.5, 0.6) is 0 Å². The topological polar surface area (TPSA) is 89.9 Å². The number of nitrogens with one attached hydrogen (secondary N) is 2. The molecule has 2 aromatic rings. The average Bonchev–Trinajstić information content (AvgIpc) is 3.54. The molecule has 2 N–H and O–H groups in total. The third-order valence-corrected chi connectivity index (χ3v) is 6.35. The molecule has 2 fully saturated rings. The fourth-order valence-corrected chi connectivity index (χ4v) is 4.55. The van der Waals surface area contributed by atoms with E-state index in [0.29, 0.717) is 28.8 Å². The van der Waals surface area contributed by atoms with Gasteiger partial charge in [-0.1, -0.05) is 30.3 Å². The van der Waals surface area contributed by atoms with Crippen LogP contribution in [0.25, 0.3) is 11.1 Å². The maximum Gasteiger partial charge on any atom is 0.225 e. The molecule has 0 unspecified atom stereocenters. The monoisotopic (exact) mass is 414 g/mol. The van der Waals surface area contributed by atoms with Gasteiger partial charge < -0.3 is 15.3 Å². The molecule has 1 aliphatic heterocycles. The number of aromatic amines is 1. The summed E-state index contributed by atoms with van der Waals surface area (Å²) < 4.78 is 0. The number of piperidine rings is 1. The fraction of sp³-hybridized carbons (Fsp3) is 0.360. The number of nitrogens with zero attached hydrogens (tertiary/aromatic N) is 2. The Morgan fingerprint density at radius 1 is 1.13 bits per heavy atom. The van der Waals surface area contributed by atoms with Crippen molar-refractivity contribution in [1.82, 2.24) is 14.9 Å². The van der Waals surface area contributed by atoms with Gasteiger partial charge >= 0.3 is 0 Å². The summed E-state index contributed by atoms with van der Waals surface area (Å²) in [6, 6.07) is 9.43. The summed E-state index contributed by atoms with van der Waals surface area (Å²) in [6.45, 7) is 1.69. The number of aromatic nitrogens is 2. The van der Waals surface area contributed by atoms with E-state index in [4.69, 9.17) is 5.41 Å². The molecule has 1 amide bonds. The zero-order valence-electron chi connectivity index (χ0n) is 17.4. The lowest BCUT2D eigenvalue weighted by molar-refractivity contribution is -0.134. The Kier molecular flexibility index (Phi) is 5.14. The third-order valence-electron chi connectivity index (χ3n) is 6.35. The van der Waals surface area contributed by atoms with Crippen LogP contribution in [0.15, 0.2) is 48.7 Å². The lowest BCUT2D eigenvalue weighted by Gasteiger charge is -2.32. The van der Waals surface area contributed by atoms with E-state index >= 15 is 0 Å². The first-order valence-corrected chi connectivity index (χ1v) is 11.0.